The predicted molar refractivity (Wildman–Crippen MR) is 80.5 cm³/mol. The van der Waals surface area contributed by atoms with Crippen LogP contribution in [0.1, 0.15) is 12.8 Å². The van der Waals surface area contributed by atoms with Crippen molar-refractivity contribution in [2.75, 3.05) is 11.4 Å². The van der Waals surface area contributed by atoms with E-state index in [1.54, 1.807) is 0 Å². The fourth-order valence-electron chi connectivity index (χ4n) is 1.96. The van der Waals surface area contributed by atoms with E-state index in [4.69, 9.17) is 5.11 Å². The van der Waals surface area contributed by atoms with Crippen molar-refractivity contribution < 1.29 is 28.7 Å². The van der Waals surface area contributed by atoms with Gasteiger partial charge >= 0.3 is 5.97 Å². The summed E-state index contributed by atoms with van der Waals surface area (Å²) >= 11 is 0.715. The number of carboxylic acids is 1. The van der Waals surface area contributed by atoms with Gasteiger partial charge in [-0.05, 0) is 36.0 Å². The van der Waals surface area contributed by atoms with Crippen LogP contribution in [0.5, 0.6) is 0 Å². The molecule has 1 atom stereocenters. The van der Waals surface area contributed by atoms with E-state index in [9.17, 15) is 23.6 Å². The summed E-state index contributed by atoms with van der Waals surface area (Å²) in [5.74, 6) is -2.60. The third-order valence-electron chi connectivity index (χ3n) is 3.04. The molecule has 1 fully saturated rings. The summed E-state index contributed by atoms with van der Waals surface area (Å²) in [6, 6.07) is 4.88. The third-order valence-corrected chi connectivity index (χ3v) is 4.08. The zero-order valence-electron chi connectivity index (χ0n) is 11.8. The fourth-order valence-corrected chi connectivity index (χ4v) is 2.95. The maximum absolute atomic E-state index is 12.9. The molecular formula is C14H13FN2O5S. The Bertz CT molecular complexity index is 649. The Balaban J connectivity index is 1.97. The maximum Gasteiger partial charge on any atom is 0.305 e. The SMILES string of the molecule is O=C(O)CCNC(=O)CC1SC(=O)N(c2ccc(F)cc2)C1=O. The average Bonchev–Trinajstić information content (AvgIpc) is 2.74. The van der Waals surface area contributed by atoms with E-state index < -0.39 is 34.1 Å². The van der Waals surface area contributed by atoms with E-state index in [2.05, 4.69) is 5.32 Å². The second-order valence-corrected chi connectivity index (χ2v) is 5.87. The van der Waals surface area contributed by atoms with Crippen molar-refractivity contribution >= 4 is 40.5 Å². The Morgan fingerprint density at radius 1 is 1.26 bits per heavy atom. The van der Waals surface area contributed by atoms with Crippen LogP contribution in [0, 0.1) is 5.82 Å². The minimum atomic E-state index is -1.05. The summed E-state index contributed by atoms with van der Waals surface area (Å²) in [5.41, 5.74) is 0.239. The fraction of sp³-hybridized carbons (Fsp3) is 0.286. The molecule has 9 heteroatoms. The highest BCUT2D eigenvalue weighted by Crippen LogP contribution is 2.33. The van der Waals surface area contributed by atoms with Gasteiger partial charge in [0.1, 0.15) is 11.1 Å². The molecule has 1 heterocycles. The molecule has 3 amide bonds. The Morgan fingerprint density at radius 3 is 2.52 bits per heavy atom. The highest BCUT2D eigenvalue weighted by atomic mass is 32.2. The summed E-state index contributed by atoms with van der Waals surface area (Å²) in [7, 11) is 0. The predicted octanol–water partition coefficient (Wildman–Crippen LogP) is 1.38. The highest BCUT2D eigenvalue weighted by Gasteiger charge is 2.41. The molecule has 1 aromatic rings. The van der Waals surface area contributed by atoms with Gasteiger partial charge in [-0.25, -0.2) is 9.29 Å². The third kappa shape index (κ3) is 4.28. The van der Waals surface area contributed by atoms with Crippen molar-refractivity contribution in [1.29, 1.82) is 0 Å². The van der Waals surface area contributed by atoms with Gasteiger partial charge in [0.2, 0.25) is 11.8 Å². The summed E-state index contributed by atoms with van der Waals surface area (Å²) in [4.78, 5) is 47.1. The van der Waals surface area contributed by atoms with Gasteiger partial charge in [0, 0.05) is 13.0 Å². The van der Waals surface area contributed by atoms with Crippen molar-refractivity contribution in [3.63, 3.8) is 0 Å². The first-order chi connectivity index (χ1) is 10.9. The average molecular weight is 340 g/mol. The second-order valence-electron chi connectivity index (χ2n) is 4.72. The lowest BCUT2D eigenvalue weighted by molar-refractivity contribution is -0.137. The number of nitrogens with zero attached hydrogens (tertiary/aromatic N) is 1. The monoisotopic (exact) mass is 340 g/mol. The standard InChI is InChI=1S/C14H13FN2O5S/c15-8-1-3-9(4-2-8)17-13(21)10(23-14(17)22)7-11(18)16-6-5-12(19)20/h1-4,10H,5-7H2,(H,16,18)(H,19,20). The molecule has 0 spiro atoms. The molecule has 1 aliphatic rings. The van der Waals surface area contributed by atoms with Crippen LogP contribution in [0.4, 0.5) is 14.9 Å². The lowest BCUT2D eigenvalue weighted by Gasteiger charge is -2.13. The molecule has 0 saturated carbocycles. The van der Waals surface area contributed by atoms with Crippen molar-refractivity contribution in [1.82, 2.24) is 5.32 Å². The number of anilines is 1. The molecule has 2 N–H and O–H groups in total. The number of carbonyl (C=O) groups excluding carboxylic acids is 3. The van der Waals surface area contributed by atoms with E-state index >= 15 is 0 Å². The van der Waals surface area contributed by atoms with Crippen LogP contribution >= 0.6 is 11.8 Å². The van der Waals surface area contributed by atoms with Crippen LogP contribution in [0.15, 0.2) is 24.3 Å². The molecule has 122 valence electrons. The minimum Gasteiger partial charge on any atom is -0.481 e. The lowest BCUT2D eigenvalue weighted by atomic mass is 10.2. The zero-order valence-corrected chi connectivity index (χ0v) is 12.6. The number of rotatable bonds is 6. The van der Waals surface area contributed by atoms with E-state index in [-0.39, 0.29) is 25.1 Å². The maximum atomic E-state index is 12.9. The number of aliphatic carboxylic acids is 1. The second kappa shape index (κ2) is 7.23. The van der Waals surface area contributed by atoms with Crippen LogP contribution in [0.25, 0.3) is 0 Å². The molecule has 1 aromatic carbocycles. The van der Waals surface area contributed by atoms with Crippen LogP contribution in [0.2, 0.25) is 0 Å². The van der Waals surface area contributed by atoms with Crippen molar-refractivity contribution in [2.24, 2.45) is 0 Å². The first-order valence-corrected chi connectivity index (χ1v) is 7.55. The van der Waals surface area contributed by atoms with Gasteiger partial charge in [0.15, 0.2) is 0 Å². The van der Waals surface area contributed by atoms with Crippen LogP contribution in [0.3, 0.4) is 0 Å². The molecular weight excluding hydrogens is 327 g/mol. The molecule has 0 radical (unpaired) electrons. The number of hydrogen-bond acceptors (Lipinski definition) is 5. The molecule has 1 saturated heterocycles. The van der Waals surface area contributed by atoms with Crippen LogP contribution in [-0.2, 0) is 14.4 Å². The van der Waals surface area contributed by atoms with Gasteiger partial charge in [-0.2, -0.15) is 0 Å². The van der Waals surface area contributed by atoms with Gasteiger partial charge in [0.25, 0.3) is 5.24 Å². The van der Waals surface area contributed by atoms with Crippen molar-refractivity contribution in [2.45, 2.75) is 18.1 Å². The first-order valence-electron chi connectivity index (χ1n) is 6.67. The van der Waals surface area contributed by atoms with Gasteiger partial charge in [0.05, 0.1) is 12.1 Å². The number of carboxylic acid groups (broad SMARTS) is 1. The Morgan fingerprint density at radius 2 is 1.91 bits per heavy atom. The molecule has 0 bridgehead atoms. The smallest absolute Gasteiger partial charge is 0.305 e. The molecule has 0 aliphatic carbocycles. The lowest BCUT2D eigenvalue weighted by Crippen LogP contribution is -2.34. The van der Waals surface area contributed by atoms with E-state index in [1.165, 1.54) is 12.1 Å². The summed E-state index contributed by atoms with van der Waals surface area (Å²) in [6.45, 7) is -0.0463. The number of thioether (sulfide) groups is 1. The van der Waals surface area contributed by atoms with E-state index in [0.717, 1.165) is 17.0 Å². The molecule has 7 nitrogen and oxygen atoms in total. The van der Waals surface area contributed by atoms with Gasteiger partial charge < -0.3 is 10.4 Å². The molecule has 1 aliphatic heterocycles. The largest absolute Gasteiger partial charge is 0.481 e. The number of hydrogen-bond donors (Lipinski definition) is 2. The Kier molecular flexibility index (Phi) is 5.32. The van der Waals surface area contributed by atoms with Crippen molar-refractivity contribution in [3.05, 3.63) is 30.1 Å². The number of amides is 3. The van der Waals surface area contributed by atoms with E-state index in [1.807, 2.05) is 0 Å². The van der Waals surface area contributed by atoms with Gasteiger partial charge in [-0.15, -0.1) is 0 Å². The van der Waals surface area contributed by atoms with Gasteiger partial charge in [-0.1, -0.05) is 0 Å². The van der Waals surface area contributed by atoms with Crippen molar-refractivity contribution in [3.8, 4) is 0 Å². The molecule has 1 unspecified atom stereocenters. The zero-order chi connectivity index (χ0) is 17.0. The number of benzene rings is 1. The van der Waals surface area contributed by atoms with Crippen LogP contribution in [-0.4, -0.2) is 39.9 Å². The quantitative estimate of drug-likeness (QED) is 0.811. The number of nitrogens with one attached hydrogen (secondary N) is 1. The summed E-state index contributed by atoms with van der Waals surface area (Å²) in [6.07, 6.45) is -0.454. The molecule has 0 aromatic heterocycles. The summed E-state index contributed by atoms with van der Waals surface area (Å²) in [5, 5.41) is 9.44. The number of imide groups is 1. The molecule has 23 heavy (non-hydrogen) atoms. The number of halogens is 1. The number of carbonyl (C=O) groups is 4. The first kappa shape index (κ1) is 16.9. The minimum absolute atomic E-state index is 0.0463. The Labute approximate surface area is 134 Å². The summed E-state index contributed by atoms with van der Waals surface area (Å²) < 4.78 is 12.9. The topological polar surface area (TPSA) is 104 Å². The Hall–Kier alpha value is -2.42. The highest BCUT2D eigenvalue weighted by molar-refractivity contribution is 8.15. The molecule has 2 rings (SSSR count). The normalized spacial score (nSPS) is 17.4. The van der Waals surface area contributed by atoms with E-state index in [0.29, 0.717) is 11.8 Å². The van der Waals surface area contributed by atoms with Gasteiger partial charge in [-0.3, -0.25) is 19.2 Å². The van der Waals surface area contributed by atoms with Crippen LogP contribution < -0.4 is 10.2 Å².